The van der Waals surface area contributed by atoms with E-state index < -0.39 is 5.91 Å². The second-order valence-electron chi connectivity index (χ2n) is 4.28. The lowest BCUT2D eigenvalue weighted by Crippen LogP contribution is -2.11. The number of aromatic hydroxyl groups is 1. The van der Waals surface area contributed by atoms with Crippen LogP contribution in [0.3, 0.4) is 0 Å². The molecule has 0 saturated heterocycles. The van der Waals surface area contributed by atoms with Gasteiger partial charge in [0.2, 0.25) is 0 Å². The highest BCUT2D eigenvalue weighted by Crippen LogP contribution is 2.29. The standard InChI is InChI=1S/C14H21NO3/c1-2-3-4-5-6-10-18-12-9-7-8-11(13(12)16)14(15)17/h7-9,16H,2-6,10H2,1H3,(H2,15,17). The summed E-state index contributed by atoms with van der Waals surface area (Å²) < 4.78 is 5.45. The molecule has 0 unspecified atom stereocenters. The van der Waals surface area contributed by atoms with E-state index in [1.165, 1.54) is 25.3 Å². The maximum atomic E-state index is 11.0. The molecule has 0 radical (unpaired) electrons. The number of carbonyl (C=O) groups is 1. The summed E-state index contributed by atoms with van der Waals surface area (Å²) in [5.74, 6) is -0.499. The highest BCUT2D eigenvalue weighted by Gasteiger charge is 2.11. The monoisotopic (exact) mass is 251 g/mol. The number of phenols is 1. The molecule has 1 aromatic carbocycles. The van der Waals surface area contributed by atoms with E-state index in [9.17, 15) is 9.90 Å². The molecule has 0 aliphatic heterocycles. The van der Waals surface area contributed by atoms with Gasteiger partial charge in [-0.2, -0.15) is 0 Å². The van der Waals surface area contributed by atoms with Crippen LogP contribution in [0.5, 0.6) is 11.5 Å². The number of hydrogen-bond acceptors (Lipinski definition) is 3. The summed E-state index contributed by atoms with van der Waals surface area (Å²) in [5, 5.41) is 9.77. The maximum Gasteiger partial charge on any atom is 0.252 e. The summed E-state index contributed by atoms with van der Waals surface area (Å²) in [6.45, 7) is 2.71. The number of primary amides is 1. The summed E-state index contributed by atoms with van der Waals surface area (Å²) in [5.41, 5.74) is 5.23. The molecule has 4 nitrogen and oxygen atoms in total. The van der Waals surface area contributed by atoms with Crippen molar-refractivity contribution in [3.05, 3.63) is 23.8 Å². The molecule has 0 fully saturated rings. The van der Waals surface area contributed by atoms with Crippen LogP contribution in [0.2, 0.25) is 0 Å². The summed E-state index contributed by atoms with van der Waals surface area (Å²) in [6.07, 6.45) is 5.71. The van der Waals surface area contributed by atoms with Gasteiger partial charge in [0.25, 0.3) is 5.91 Å². The first kappa shape index (κ1) is 14.4. The van der Waals surface area contributed by atoms with Crippen LogP contribution in [0, 0.1) is 0 Å². The largest absolute Gasteiger partial charge is 0.504 e. The zero-order chi connectivity index (χ0) is 13.4. The summed E-state index contributed by atoms with van der Waals surface area (Å²) in [6, 6.07) is 4.76. The maximum absolute atomic E-state index is 11.0. The molecule has 3 N–H and O–H groups in total. The third kappa shape index (κ3) is 4.28. The lowest BCUT2D eigenvalue weighted by molar-refractivity contribution is 0.0997. The number of amides is 1. The normalized spacial score (nSPS) is 10.3. The van der Waals surface area contributed by atoms with Crippen molar-refractivity contribution >= 4 is 5.91 Å². The van der Waals surface area contributed by atoms with E-state index in [-0.39, 0.29) is 11.3 Å². The molecule has 0 heterocycles. The van der Waals surface area contributed by atoms with Crippen LogP contribution in [0.15, 0.2) is 18.2 Å². The SMILES string of the molecule is CCCCCCCOc1cccc(C(N)=O)c1O. The molecule has 18 heavy (non-hydrogen) atoms. The van der Waals surface area contributed by atoms with Gasteiger partial charge in [-0.25, -0.2) is 0 Å². The molecule has 0 spiro atoms. The number of ether oxygens (including phenoxy) is 1. The second kappa shape index (κ2) is 7.58. The molecular formula is C14H21NO3. The Hall–Kier alpha value is -1.71. The van der Waals surface area contributed by atoms with Gasteiger partial charge in [-0.05, 0) is 18.6 Å². The molecule has 4 heteroatoms. The minimum absolute atomic E-state index is 0.0958. The van der Waals surface area contributed by atoms with Crippen molar-refractivity contribution in [3.8, 4) is 11.5 Å². The highest BCUT2D eigenvalue weighted by atomic mass is 16.5. The highest BCUT2D eigenvalue weighted by molar-refractivity contribution is 5.96. The molecule has 0 aliphatic rings. The molecule has 0 atom stereocenters. The predicted octanol–water partition coefficient (Wildman–Crippen LogP) is 2.84. The Morgan fingerprint density at radius 2 is 2.00 bits per heavy atom. The molecule has 1 amide bonds. The van der Waals surface area contributed by atoms with Gasteiger partial charge in [0.05, 0.1) is 12.2 Å². The lowest BCUT2D eigenvalue weighted by Gasteiger charge is -2.09. The number of unbranched alkanes of at least 4 members (excludes halogenated alkanes) is 4. The fourth-order valence-corrected chi connectivity index (χ4v) is 1.73. The number of carbonyl (C=O) groups excluding carboxylic acids is 1. The van der Waals surface area contributed by atoms with Gasteiger partial charge in [-0.3, -0.25) is 4.79 Å². The third-order valence-corrected chi connectivity index (χ3v) is 2.77. The molecule has 100 valence electrons. The molecule has 0 bridgehead atoms. The Balaban J connectivity index is 2.43. The minimum atomic E-state index is -0.652. The Labute approximate surface area is 108 Å². The van der Waals surface area contributed by atoms with E-state index in [2.05, 4.69) is 6.92 Å². The number of rotatable bonds is 8. The van der Waals surface area contributed by atoms with Crippen LogP contribution in [-0.2, 0) is 0 Å². The summed E-state index contributed by atoms with van der Waals surface area (Å²) >= 11 is 0. The van der Waals surface area contributed by atoms with E-state index in [4.69, 9.17) is 10.5 Å². The van der Waals surface area contributed by atoms with Gasteiger partial charge < -0.3 is 15.6 Å². The van der Waals surface area contributed by atoms with Crippen molar-refractivity contribution in [1.82, 2.24) is 0 Å². The Morgan fingerprint density at radius 3 is 2.67 bits per heavy atom. The average molecular weight is 251 g/mol. The fraction of sp³-hybridized carbons (Fsp3) is 0.500. The molecule has 1 aromatic rings. The molecule has 0 saturated carbocycles. The van der Waals surface area contributed by atoms with E-state index in [1.807, 2.05) is 0 Å². The number of benzene rings is 1. The first-order valence-electron chi connectivity index (χ1n) is 6.41. The van der Waals surface area contributed by atoms with Gasteiger partial charge >= 0.3 is 0 Å². The first-order chi connectivity index (χ1) is 8.66. The van der Waals surface area contributed by atoms with Crippen LogP contribution in [-0.4, -0.2) is 17.6 Å². The zero-order valence-electron chi connectivity index (χ0n) is 10.8. The van der Waals surface area contributed by atoms with Crippen molar-refractivity contribution in [2.45, 2.75) is 39.0 Å². The molecular weight excluding hydrogens is 230 g/mol. The van der Waals surface area contributed by atoms with Crippen molar-refractivity contribution < 1.29 is 14.6 Å². The quantitative estimate of drug-likeness (QED) is 0.698. The number of para-hydroxylation sites is 1. The summed E-state index contributed by atoms with van der Waals surface area (Å²) in [7, 11) is 0. The van der Waals surface area contributed by atoms with Crippen molar-refractivity contribution in [2.24, 2.45) is 5.73 Å². The van der Waals surface area contributed by atoms with Crippen molar-refractivity contribution in [3.63, 3.8) is 0 Å². The fourth-order valence-electron chi connectivity index (χ4n) is 1.73. The van der Waals surface area contributed by atoms with Crippen molar-refractivity contribution in [1.29, 1.82) is 0 Å². The van der Waals surface area contributed by atoms with Crippen molar-refractivity contribution in [2.75, 3.05) is 6.61 Å². The van der Waals surface area contributed by atoms with E-state index >= 15 is 0 Å². The average Bonchev–Trinajstić information content (AvgIpc) is 2.35. The van der Waals surface area contributed by atoms with Crippen LogP contribution >= 0.6 is 0 Å². The van der Waals surface area contributed by atoms with Gasteiger partial charge in [0.1, 0.15) is 0 Å². The van der Waals surface area contributed by atoms with Gasteiger partial charge in [0.15, 0.2) is 11.5 Å². The van der Waals surface area contributed by atoms with E-state index in [1.54, 1.807) is 12.1 Å². The number of nitrogens with two attached hydrogens (primary N) is 1. The Bertz CT molecular complexity index is 391. The van der Waals surface area contributed by atoms with Gasteiger partial charge in [-0.1, -0.05) is 38.7 Å². The van der Waals surface area contributed by atoms with E-state index in [0.29, 0.717) is 12.4 Å². The van der Waals surface area contributed by atoms with Gasteiger partial charge in [-0.15, -0.1) is 0 Å². The Kier molecular flexibility index (Phi) is 6.05. The molecule has 1 rings (SSSR count). The van der Waals surface area contributed by atoms with Crippen LogP contribution in [0.25, 0.3) is 0 Å². The van der Waals surface area contributed by atoms with Gasteiger partial charge in [0, 0.05) is 0 Å². The third-order valence-electron chi connectivity index (χ3n) is 2.77. The lowest BCUT2D eigenvalue weighted by atomic mass is 10.1. The number of hydrogen-bond donors (Lipinski definition) is 2. The van der Waals surface area contributed by atoms with Crippen LogP contribution in [0.1, 0.15) is 49.4 Å². The predicted molar refractivity (Wildman–Crippen MR) is 70.9 cm³/mol. The minimum Gasteiger partial charge on any atom is -0.504 e. The second-order valence-corrected chi connectivity index (χ2v) is 4.28. The molecule has 0 aromatic heterocycles. The summed E-state index contributed by atoms with van der Waals surface area (Å²) in [4.78, 5) is 11.0. The van der Waals surface area contributed by atoms with Crippen LogP contribution < -0.4 is 10.5 Å². The first-order valence-corrected chi connectivity index (χ1v) is 6.41. The Morgan fingerprint density at radius 1 is 1.28 bits per heavy atom. The smallest absolute Gasteiger partial charge is 0.252 e. The van der Waals surface area contributed by atoms with E-state index in [0.717, 1.165) is 12.8 Å². The van der Waals surface area contributed by atoms with Crippen LogP contribution in [0.4, 0.5) is 0 Å². The topological polar surface area (TPSA) is 72.5 Å². The zero-order valence-corrected chi connectivity index (χ0v) is 10.8. The molecule has 0 aliphatic carbocycles.